The molecule has 1 aliphatic carbocycles. The molecule has 3 N–H and O–H groups in total. The molecule has 2 aromatic rings. The van der Waals surface area contributed by atoms with Crippen LogP contribution in [0.25, 0.3) is 10.2 Å². The molecular formula is C20H28N4O4S2. The Morgan fingerprint density at radius 1 is 1.23 bits per heavy atom. The van der Waals surface area contributed by atoms with E-state index in [2.05, 4.69) is 10.3 Å². The zero-order chi connectivity index (χ0) is 20.7. The normalized spacial score (nSPS) is 28.3. The third-order valence-electron chi connectivity index (χ3n) is 6.36. The zero-order valence-electron chi connectivity index (χ0n) is 16.8. The van der Waals surface area contributed by atoms with Crippen LogP contribution in [0.5, 0.6) is 5.75 Å². The number of nitrogens with one attached hydrogen (secondary N) is 1. The first-order valence-corrected chi connectivity index (χ1v) is 13.1. The number of likely N-dealkylation sites (tertiary alicyclic amines) is 1. The van der Waals surface area contributed by atoms with Crippen molar-refractivity contribution in [3.8, 4) is 5.75 Å². The highest BCUT2D eigenvalue weighted by Gasteiger charge is 2.38. The van der Waals surface area contributed by atoms with E-state index in [-0.39, 0.29) is 24.2 Å². The second kappa shape index (κ2) is 8.16. The van der Waals surface area contributed by atoms with Crippen LogP contribution in [0.1, 0.15) is 32.1 Å². The minimum Gasteiger partial charge on any atom is -0.484 e. The number of amides is 2. The van der Waals surface area contributed by atoms with Crippen molar-refractivity contribution in [1.29, 1.82) is 0 Å². The van der Waals surface area contributed by atoms with Crippen molar-refractivity contribution in [1.82, 2.24) is 19.5 Å². The van der Waals surface area contributed by atoms with Crippen LogP contribution in [-0.4, -0.2) is 72.9 Å². The summed E-state index contributed by atoms with van der Waals surface area (Å²) in [7, 11) is -2.56. The Bertz CT molecular complexity index is 909. The maximum Gasteiger partial charge on any atom is 0.317 e. The van der Waals surface area contributed by atoms with Crippen molar-refractivity contribution in [3.63, 3.8) is 0 Å². The fraction of sp³-hybridized carbons (Fsp3) is 0.600. The summed E-state index contributed by atoms with van der Waals surface area (Å²) in [6.07, 6.45) is 4.39. The Labute approximate surface area is 181 Å². The van der Waals surface area contributed by atoms with E-state index in [1.165, 1.54) is 0 Å². The molecule has 1 aromatic heterocycles. The number of fused-ring (bicyclic) bond motifs is 1. The summed E-state index contributed by atoms with van der Waals surface area (Å²) < 4.78 is 29.4. The molecule has 0 spiro atoms. The second-order valence-corrected chi connectivity index (χ2v) is 11.4. The van der Waals surface area contributed by atoms with E-state index in [1.54, 1.807) is 16.2 Å². The summed E-state index contributed by atoms with van der Waals surface area (Å²) in [5.74, 6) is 1.28. The summed E-state index contributed by atoms with van der Waals surface area (Å²) in [5, 5.41) is 3.15. The Hall–Kier alpha value is -1.59. The van der Waals surface area contributed by atoms with Gasteiger partial charge in [0.2, 0.25) is 0 Å². The molecule has 0 unspecified atom stereocenters. The maximum atomic E-state index is 12.6. The van der Waals surface area contributed by atoms with E-state index in [0.717, 1.165) is 54.6 Å². The third-order valence-corrected chi connectivity index (χ3v) is 9.22. The number of carbonyl (C=O) groups is 1. The lowest BCUT2D eigenvalue weighted by Gasteiger charge is -2.44. The van der Waals surface area contributed by atoms with E-state index in [0.29, 0.717) is 18.8 Å². The maximum absolute atomic E-state index is 12.6. The molecule has 2 saturated heterocycles. The largest absolute Gasteiger partial charge is 0.484 e. The van der Waals surface area contributed by atoms with Gasteiger partial charge in [0.25, 0.3) is 0 Å². The van der Waals surface area contributed by atoms with Crippen molar-refractivity contribution >= 4 is 38.4 Å². The number of carbonyl (C=O) groups excluding carboxylic acids is 1. The number of hydrogen-bond acceptors (Lipinski definition) is 7. The van der Waals surface area contributed by atoms with Gasteiger partial charge in [0.15, 0.2) is 0 Å². The summed E-state index contributed by atoms with van der Waals surface area (Å²) in [6, 6.07) is 6.27. The molecule has 0 bridgehead atoms. The fourth-order valence-corrected chi connectivity index (χ4v) is 7.24. The van der Waals surface area contributed by atoms with Gasteiger partial charge in [0, 0.05) is 18.6 Å². The fourth-order valence-electron chi connectivity index (χ4n) is 4.69. The van der Waals surface area contributed by atoms with Gasteiger partial charge in [-0.2, -0.15) is 0 Å². The van der Waals surface area contributed by atoms with Crippen LogP contribution in [0.4, 0.5) is 4.79 Å². The third kappa shape index (κ3) is 3.99. The number of aromatic nitrogens is 1. The smallest absolute Gasteiger partial charge is 0.317 e. The van der Waals surface area contributed by atoms with Crippen LogP contribution >= 0.6 is 22.1 Å². The predicted molar refractivity (Wildman–Crippen MR) is 119 cm³/mol. The van der Waals surface area contributed by atoms with Crippen molar-refractivity contribution in [2.45, 2.75) is 50.3 Å². The van der Waals surface area contributed by atoms with Crippen LogP contribution in [0, 0.1) is 0 Å². The number of nitrogens with zero attached hydrogens (tertiary/aromatic N) is 3. The van der Waals surface area contributed by atoms with E-state index >= 15 is 0 Å². The molecule has 1 saturated carbocycles. The van der Waals surface area contributed by atoms with E-state index in [9.17, 15) is 13.9 Å². The summed E-state index contributed by atoms with van der Waals surface area (Å²) in [6.45, 7) is 1.93. The molecule has 1 aromatic carbocycles. The molecule has 3 heterocycles. The second-order valence-electron chi connectivity index (χ2n) is 8.39. The zero-order valence-corrected chi connectivity index (χ0v) is 18.4. The van der Waals surface area contributed by atoms with E-state index in [1.807, 2.05) is 28.0 Å². The standard InChI is InChI=1S/C20H28N4O4S2/c25-20(22-14-5-7-15(8-6-14)24-9-2-10-30(24,26)27)23-11-16(12-23)28-17-3-1-4-18-19(17)21-13-29-18/h1,3-4,13-16,26-27H,2,5-12H2,(H,22,25)/t14-,15-. The predicted octanol–water partition coefficient (Wildman–Crippen LogP) is 3.75. The van der Waals surface area contributed by atoms with Crippen LogP contribution < -0.4 is 10.1 Å². The number of thiazole rings is 1. The highest BCUT2D eigenvalue weighted by atomic mass is 32.3. The Balaban J connectivity index is 1.07. The topological polar surface area (TPSA) is 98.2 Å². The van der Waals surface area contributed by atoms with Crippen molar-refractivity contribution in [2.24, 2.45) is 0 Å². The number of para-hydroxylation sites is 1. The number of urea groups is 1. The number of benzene rings is 1. The number of rotatable bonds is 4. The summed E-state index contributed by atoms with van der Waals surface area (Å²) in [4.78, 5) is 18.7. The summed E-state index contributed by atoms with van der Waals surface area (Å²) in [5.41, 5.74) is 2.70. The van der Waals surface area contributed by atoms with Crippen LogP contribution in [0.15, 0.2) is 23.7 Å². The molecule has 0 radical (unpaired) electrons. The van der Waals surface area contributed by atoms with Gasteiger partial charge in [-0.1, -0.05) is 6.07 Å². The highest BCUT2D eigenvalue weighted by molar-refractivity contribution is 8.22. The molecular weight excluding hydrogens is 424 g/mol. The Morgan fingerprint density at radius 3 is 2.77 bits per heavy atom. The van der Waals surface area contributed by atoms with Gasteiger partial charge >= 0.3 is 6.03 Å². The molecule has 10 heteroatoms. The molecule has 3 fully saturated rings. The average Bonchev–Trinajstić information content (AvgIpc) is 3.31. The van der Waals surface area contributed by atoms with Crippen molar-refractivity contribution in [2.75, 3.05) is 25.4 Å². The van der Waals surface area contributed by atoms with Crippen molar-refractivity contribution < 1.29 is 18.6 Å². The molecule has 3 aliphatic rings. The molecule has 2 aliphatic heterocycles. The lowest BCUT2D eigenvalue weighted by atomic mass is 9.91. The van der Waals surface area contributed by atoms with E-state index < -0.39 is 10.8 Å². The van der Waals surface area contributed by atoms with Gasteiger partial charge in [-0.15, -0.1) is 22.1 Å². The van der Waals surface area contributed by atoms with Gasteiger partial charge in [-0.3, -0.25) is 9.11 Å². The number of ether oxygens (including phenoxy) is 1. The molecule has 2 amide bonds. The Morgan fingerprint density at radius 2 is 2.03 bits per heavy atom. The molecule has 5 rings (SSSR count). The minimum absolute atomic E-state index is 0.000778. The van der Waals surface area contributed by atoms with Crippen LogP contribution in [0.3, 0.4) is 0 Å². The molecule has 30 heavy (non-hydrogen) atoms. The van der Waals surface area contributed by atoms with Crippen LogP contribution in [0.2, 0.25) is 0 Å². The average molecular weight is 453 g/mol. The van der Waals surface area contributed by atoms with Gasteiger partial charge in [-0.25, -0.2) is 14.1 Å². The molecule has 8 nitrogen and oxygen atoms in total. The summed E-state index contributed by atoms with van der Waals surface area (Å²) >= 11 is 1.59. The van der Waals surface area contributed by atoms with Gasteiger partial charge in [0.05, 0.1) is 29.1 Å². The van der Waals surface area contributed by atoms with Gasteiger partial charge < -0.3 is 15.0 Å². The van der Waals surface area contributed by atoms with Gasteiger partial charge in [-0.05, 0) is 44.2 Å². The minimum atomic E-state index is -2.56. The van der Waals surface area contributed by atoms with Gasteiger partial charge in [0.1, 0.15) is 17.4 Å². The van der Waals surface area contributed by atoms with E-state index in [4.69, 9.17) is 4.74 Å². The highest BCUT2D eigenvalue weighted by Crippen LogP contribution is 2.51. The SMILES string of the molecule is O=C(N[C@H]1CC[C@H](N2CCCS2(O)O)CC1)N1CC(Oc2cccc3scnc23)C1. The number of hydrogen-bond donors (Lipinski definition) is 3. The first kappa shape index (κ1) is 20.3. The quantitative estimate of drug-likeness (QED) is 0.654. The lowest BCUT2D eigenvalue weighted by molar-refractivity contribution is 0.0435. The van der Waals surface area contributed by atoms with Crippen LogP contribution in [-0.2, 0) is 0 Å². The lowest BCUT2D eigenvalue weighted by Crippen LogP contribution is -2.60. The first-order valence-electron chi connectivity index (χ1n) is 10.6. The molecule has 0 atom stereocenters. The monoisotopic (exact) mass is 452 g/mol. The molecule has 164 valence electrons. The van der Waals surface area contributed by atoms with Crippen molar-refractivity contribution in [3.05, 3.63) is 23.7 Å². The Kier molecular flexibility index (Phi) is 5.53. The first-order chi connectivity index (χ1) is 14.5.